The van der Waals surface area contributed by atoms with E-state index in [1.165, 1.54) is 11.1 Å². The van der Waals surface area contributed by atoms with Crippen molar-refractivity contribution in [3.63, 3.8) is 0 Å². The summed E-state index contributed by atoms with van der Waals surface area (Å²) in [5.41, 5.74) is 3.51. The molecule has 0 amide bonds. The van der Waals surface area contributed by atoms with E-state index < -0.39 is 0 Å². The Kier molecular flexibility index (Phi) is 6.18. The fourth-order valence-electron chi connectivity index (χ4n) is 2.85. The summed E-state index contributed by atoms with van der Waals surface area (Å²) >= 11 is 1.57. The predicted molar refractivity (Wildman–Crippen MR) is 106 cm³/mol. The highest BCUT2D eigenvalue weighted by Gasteiger charge is 2.20. The van der Waals surface area contributed by atoms with Gasteiger partial charge in [0.05, 0.1) is 10.8 Å². The second-order valence-corrected chi connectivity index (χ2v) is 7.46. The first-order valence-electron chi connectivity index (χ1n) is 8.88. The average molecular weight is 365 g/mol. The van der Waals surface area contributed by atoms with Crippen LogP contribution in [0, 0.1) is 12.8 Å². The minimum absolute atomic E-state index is 0.113. The van der Waals surface area contributed by atoms with Crippen LogP contribution in [0.1, 0.15) is 29.3 Å². The van der Waals surface area contributed by atoms with E-state index in [4.69, 9.17) is 4.74 Å². The maximum absolute atomic E-state index is 12.5. The van der Waals surface area contributed by atoms with Crippen molar-refractivity contribution in [2.24, 2.45) is 5.92 Å². The molecule has 0 N–H and O–H groups in total. The number of aromatic nitrogens is 1. The maximum Gasteiger partial charge on any atom is 0.309 e. The lowest BCUT2D eigenvalue weighted by Crippen LogP contribution is -2.19. The van der Waals surface area contributed by atoms with Crippen molar-refractivity contribution in [2.45, 2.75) is 33.3 Å². The zero-order chi connectivity index (χ0) is 18.4. The first-order chi connectivity index (χ1) is 12.7. The van der Waals surface area contributed by atoms with Crippen LogP contribution in [0.2, 0.25) is 0 Å². The van der Waals surface area contributed by atoms with Gasteiger partial charge in [0.2, 0.25) is 0 Å². The molecule has 4 heteroatoms. The predicted octanol–water partition coefficient (Wildman–Crippen LogP) is 5.43. The van der Waals surface area contributed by atoms with Crippen LogP contribution in [0.5, 0.6) is 0 Å². The number of nitrogens with zero attached hydrogens (tertiary/aromatic N) is 1. The summed E-state index contributed by atoms with van der Waals surface area (Å²) in [6.45, 7) is 4.40. The van der Waals surface area contributed by atoms with E-state index in [1.54, 1.807) is 17.5 Å². The van der Waals surface area contributed by atoms with Gasteiger partial charge in [-0.05, 0) is 30.9 Å². The van der Waals surface area contributed by atoms with Crippen LogP contribution in [0.15, 0.2) is 60.8 Å². The topological polar surface area (TPSA) is 39.2 Å². The van der Waals surface area contributed by atoms with Gasteiger partial charge in [-0.25, -0.2) is 4.98 Å². The van der Waals surface area contributed by atoms with Gasteiger partial charge in [-0.2, -0.15) is 0 Å². The van der Waals surface area contributed by atoms with Crippen molar-refractivity contribution in [2.75, 3.05) is 0 Å². The van der Waals surface area contributed by atoms with E-state index in [0.29, 0.717) is 0 Å². The molecule has 0 radical (unpaired) electrons. The Bertz CT molecular complexity index is 857. The van der Waals surface area contributed by atoms with Gasteiger partial charge in [0, 0.05) is 11.8 Å². The first-order valence-corrected chi connectivity index (χ1v) is 9.70. The lowest BCUT2D eigenvalue weighted by atomic mass is 9.94. The van der Waals surface area contributed by atoms with E-state index in [0.717, 1.165) is 28.3 Å². The molecule has 3 aromatic rings. The van der Waals surface area contributed by atoms with Crippen molar-refractivity contribution in [3.8, 4) is 10.6 Å². The van der Waals surface area contributed by atoms with Gasteiger partial charge in [0.25, 0.3) is 0 Å². The molecule has 1 heterocycles. The number of hydrogen-bond donors (Lipinski definition) is 0. The number of hydrogen-bond acceptors (Lipinski definition) is 4. The van der Waals surface area contributed by atoms with E-state index in [2.05, 4.69) is 24.0 Å². The number of rotatable bonds is 7. The molecule has 1 unspecified atom stereocenters. The summed E-state index contributed by atoms with van der Waals surface area (Å²) in [4.78, 5) is 17.9. The Morgan fingerprint density at radius 3 is 2.58 bits per heavy atom. The fourth-order valence-corrected chi connectivity index (χ4v) is 3.68. The van der Waals surface area contributed by atoms with Crippen LogP contribution < -0.4 is 0 Å². The highest BCUT2D eigenvalue weighted by atomic mass is 32.1. The summed E-state index contributed by atoms with van der Waals surface area (Å²) in [5.74, 6) is -0.247. The number of thiazole rings is 1. The Morgan fingerprint density at radius 2 is 1.85 bits per heavy atom. The quantitative estimate of drug-likeness (QED) is 0.524. The van der Waals surface area contributed by atoms with Crippen molar-refractivity contribution < 1.29 is 9.53 Å². The van der Waals surface area contributed by atoms with Gasteiger partial charge >= 0.3 is 5.97 Å². The minimum Gasteiger partial charge on any atom is -0.460 e. The Morgan fingerprint density at radius 1 is 1.12 bits per heavy atom. The smallest absolute Gasteiger partial charge is 0.309 e. The van der Waals surface area contributed by atoms with E-state index in [1.807, 2.05) is 49.4 Å². The van der Waals surface area contributed by atoms with Crippen LogP contribution in [0.4, 0.5) is 0 Å². The molecule has 3 nitrogen and oxygen atoms in total. The zero-order valence-electron chi connectivity index (χ0n) is 15.1. The monoisotopic (exact) mass is 365 g/mol. The molecule has 1 aromatic heterocycles. The van der Waals surface area contributed by atoms with E-state index in [9.17, 15) is 4.79 Å². The molecule has 134 valence electrons. The standard InChI is InChI=1S/C22H23NO2S/c1-3-17(13-19-12-8-7-9-16(19)2)22(24)25-15-20-14-23-21(26-20)18-10-5-4-6-11-18/h4-12,14,17H,3,13,15H2,1-2H3. The molecule has 0 spiro atoms. The van der Waals surface area contributed by atoms with Gasteiger partial charge in [0.15, 0.2) is 0 Å². The van der Waals surface area contributed by atoms with Crippen molar-refractivity contribution in [1.29, 1.82) is 0 Å². The lowest BCUT2D eigenvalue weighted by molar-refractivity contribution is -0.149. The molecule has 0 aliphatic carbocycles. The number of carbonyl (C=O) groups excluding carboxylic acids is 1. The summed E-state index contributed by atoms with van der Waals surface area (Å²) in [5, 5.41) is 0.948. The molecular formula is C22H23NO2S. The first kappa shape index (κ1) is 18.3. The third kappa shape index (κ3) is 4.58. The summed E-state index contributed by atoms with van der Waals surface area (Å²) in [6, 6.07) is 18.2. The molecule has 26 heavy (non-hydrogen) atoms. The molecule has 3 rings (SSSR count). The number of ether oxygens (including phenoxy) is 1. The molecule has 1 atom stereocenters. The van der Waals surface area contributed by atoms with Gasteiger partial charge < -0.3 is 4.74 Å². The SMILES string of the molecule is CCC(Cc1ccccc1C)C(=O)OCc1cnc(-c2ccccc2)s1. The molecule has 0 fully saturated rings. The van der Waals surface area contributed by atoms with Gasteiger partial charge in [0.1, 0.15) is 11.6 Å². The third-order valence-corrected chi connectivity index (χ3v) is 5.50. The highest BCUT2D eigenvalue weighted by molar-refractivity contribution is 7.15. The Hall–Kier alpha value is -2.46. The van der Waals surface area contributed by atoms with Crippen LogP contribution in [-0.4, -0.2) is 11.0 Å². The molecular weight excluding hydrogens is 342 g/mol. The highest BCUT2D eigenvalue weighted by Crippen LogP contribution is 2.25. The molecule has 0 aliphatic heterocycles. The molecule has 0 bridgehead atoms. The van der Waals surface area contributed by atoms with Crippen LogP contribution >= 0.6 is 11.3 Å². The normalized spacial score (nSPS) is 11.9. The fraction of sp³-hybridized carbons (Fsp3) is 0.273. The van der Waals surface area contributed by atoms with Crippen molar-refractivity contribution in [1.82, 2.24) is 4.98 Å². The molecule has 2 aromatic carbocycles. The van der Waals surface area contributed by atoms with Gasteiger partial charge in [-0.3, -0.25) is 4.79 Å². The summed E-state index contributed by atoms with van der Waals surface area (Å²) in [7, 11) is 0. The largest absolute Gasteiger partial charge is 0.460 e. The van der Waals surface area contributed by atoms with E-state index >= 15 is 0 Å². The zero-order valence-corrected chi connectivity index (χ0v) is 16.0. The number of benzene rings is 2. The Labute approximate surface area is 158 Å². The van der Waals surface area contributed by atoms with Crippen LogP contribution in [0.25, 0.3) is 10.6 Å². The molecule has 0 saturated carbocycles. The summed E-state index contributed by atoms with van der Waals surface area (Å²) < 4.78 is 5.57. The van der Waals surface area contributed by atoms with Gasteiger partial charge in [-0.15, -0.1) is 11.3 Å². The second-order valence-electron chi connectivity index (χ2n) is 6.34. The molecule has 0 saturated heterocycles. The molecule has 0 aliphatic rings. The third-order valence-electron chi connectivity index (χ3n) is 4.48. The van der Waals surface area contributed by atoms with Gasteiger partial charge in [-0.1, -0.05) is 61.5 Å². The van der Waals surface area contributed by atoms with Crippen molar-refractivity contribution >= 4 is 17.3 Å². The average Bonchev–Trinajstić information content (AvgIpc) is 3.15. The minimum atomic E-state index is -0.134. The lowest BCUT2D eigenvalue weighted by Gasteiger charge is -2.15. The van der Waals surface area contributed by atoms with Crippen LogP contribution in [-0.2, 0) is 22.6 Å². The number of esters is 1. The van der Waals surface area contributed by atoms with Crippen molar-refractivity contribution in [3.05, 3.63) is 76.8 Å². The number of carbonyl (C=O) groups is 1. The van der Waals surface area contributed by atoms with Crippen LogP contribution in [0.3, 0.4) is 0 Å². The number of aryl methyl sites for hydroxylation is 1. The maximum atomic E-state index is 12.5. The second kappa shape index (κ2) is 8.77. The van der Waals surface area contributed by atoms with E-state index in [-0.39, 0.29) is 18.5 Å². The Balaban J connectivity index is 1.59. The summed E-state index contributed by atoms with van der Waals surface area (Å²) in [6.07, 6.45) is 3.29.